The van der Waals surface area contributed by atoms with E-state index in [2.05, 4.69) is 13.8 Å². The zero-order valence-electron chi connectivity index (χ0n) is 5.57. The smallest absolute Gasteiger partial charge is 0.0145 e. The standard InChI is InChI=1S/C7H13N/c1-5(2)7(8)6-3-4-6/h5-6,8H,3-4H2,1-2H3. The monoisotopic (exact) mass is 111 g/mol. The molecule has 1 saturated carbocycles. The summed E-state index contributed by atoms with van der Waals surface area (Å²) in [6, 6.07) is 0. The second kappa shape index (κ2) is 1.88. The molecule has 0 saturated heterocycles. The van der Waals surface area contributed by atoms with Crippen LogP contribution in [0.1, 0.15) is 26.7 Å². The Kier molecular flexibility index (Phi) is 1.37. The van der Waals surface area contributed by atoms with Crippen molar-refractivity contribution in [2.45, 2.75) is 26.7 Å². The molecule has 0 unspecified atom stereocenters. The fourth-order valence-electron chi connectivity index (χ4n) is 0.866. The van der Waals surface area contributed by atoms with Crippen LogP contribution in [0, 0.1) is 17.2 Å². The van der Waals surface area contributed by atoms with Gasteiger partial charge in [-0.15, -0.1) is 0 Å². The van der Waals surface area contributed by atoms with Crippen molar-refractivity contribution in [3.63, 3.8) is 0 Å². The molecule has 0 aromatic heterocycles. The van der Waals surface area contributed by atoms with E-state index in [-0.39, 0.29) is 0 Å². The number of nitrogens with one attached hydrogen (secondary N) is 1. The Morgan fingerprint density at radius 3 is 2.12 bits per heavy atom. The number of rotatable bonds is 2. The number of hydrogen-bond donors (Lipinski definition) is 1. The van der Waals surface area contributed by atoms with E-state index in [0.29, 0.717) is 11.8 Å². The molecule has 1 aliphatic rings. The minimum atomic E-state index is 0.488. The highest BCUT2D eigenvalue weighted by atomic mass is 14.5. The minimum Gasteiger partial charge on any atom is -0.309 e. The Morgan fingerprint density at radius 1 is 1.50 bits per heavy atom. The van der Waals surface area contributed by atoms with E-state index in [1.165, 1.54) is 12.8 Å². The maximum absolute atomic E-state index is 7.46. The average Bonchev–Trinajstić information content (AvgIpc) is 2.43. The van der Waals surface area contributed by atoms with E-state index in [9.17, 15) is 0 Å². The molecule has 8 heavy (non-hydrogen) atoms. The Labute approximate surface area is 50.6 Å². The van der Waals surface area contributed by atoms with Gasteiger partial charge in [0.2, 0.25) is 0 Å². The molecule has 1 N–H and O–H groups in total. The summed E-state index contributed by atoms with van der Waals surface area (Å²) in [6.45, 7) is 4.20. The first-order chi connectivity index (χ1) is 3.72. The molecule has 0 atom stereocenters. The third-order valence-electron chi connectivity index (χ3n) is 1.64. The second-order valence-electron chi connectivity index (χ2n) is 2.88. The lowest BCUT2D eigenvalue weighted by Crippen LogP contribution is -2.06. The van der Waals surface area contributed by atoms with Gasteiger partial charge in [-0.1, -0.05) is 13.8 Å². The highest BCUT2D eigenvalue weighted by molar-refractivity contribution is 5.87. The van der Waals surface area contributed by atoms with Gasteiger partial charge in [-0.3, -0.25) is 0 Å². The SMILES string of the molecule is CC(C)C(=N)C1CC1. The molecule has 0 heterocycles. The first-order valence-corrected chi connectivity index (χ1v) is 3.30. The summed E-state index contributed by atoms with van der Waals surface area (Å²) in [7, 11) is 0. The van der Waals surface area contributed by atoms with Gasteiger partial charge in [0.05, 0.1) is 0 Å². The van der Waals surface area contributed by atoms with Crippen molar-refractivity contribution in [3.05, 3.63) is 0 Å². The van der Waals surface area contributed by atoms with Crippen LogP contribution >= 0.6 is 0 Å². The van der Waals surface area contributed by atoms with Gasteiger partial charge in [0.1, 0.15) is 0 Å². The molecule has 46 valence electrons. The van der Waals surface area contributed by atoms with Gasteiger partial charge in [-0.2, -0.15) is 0 Å². The van der Waals surface area contributed by atoms with Crippen LogP contribution in [0.3, 0.4) is 0 Å². The highest BCUT2D eigenvalue weighted by Gasteiger charge is 2.27. The largest absolute Gasteiger partial charge is 0.309 e. The van der Waals surface area contributed by atoms with Crippen LogP contribution in [0.5, 0.6) is 0 Å². The maximum Gasteiger partial charge on any atom is 0.0145 e. The molecule has 0 aromatic carbocycles. The summed E-state index contributed by atoms with van der Waals surface area (Å²) in [5.74, 6) is 1.16. The molecule has 1 fully saturated rings. The van der Waals surface area contributed by atoms with Gasteiger partial charge in [0, 0.05) is 5.71 Å². The Hall–Kier alpha value is -0.330. The molecular formula is C7H13N. The third-order valence-corrected chi connectivity index (χ3v) is 1.64. The van der Waals surface area contributed by atoms with E-state index in [1.54, 1.807) is 0 Å². The zero-order chi connectivity index (χ0) is 6.15. The normalized spacial score (nSPS) is 19.4. The molecule has 1 rings (SSSR count). The summed E-state index contributed by atoms with van der Waals surface area (Å²) < 4.78 is 0. The molecule has 0 spiro atoms. The Bertz CT molecular complexity index is 97.0. The van der Waals surface area contributed by atoms with Crippen molar-refractivity contribution < 1.29 is 0 Å². The van der Waals surface area contributed by atoms with Crippen LogP contribution in [0.15, 0.2) is 0 Å². The van der Waals surface area contributed by atoms with Crippen molar-refractivity contribution in [2.24, 2.45) is 11.8 Å². The highest BCUT2D eigenvalue weighted by Crippen LogP contribution is 2.32. The molecule has 1 heteroatoms. The predicted molar refractivity (Wildman–Crippen MR) is 35.3 cm³/mol. The minimum absolute atomic E-state index is 0.488. The maximum atomic E-state index is 7.46. The van der Waals surface area contributed by atoms with E-state index >= 15 is 0 Å². The molecule has 0 aliphatic heterocycles. The van der Waals surface area contributed by atoms with Crippen LogP contribution in [-0.2, 0) is 0 Å². The summed E-state index contributed by atoms with van der Waals surface area (Å²) in [6.07, 6.45) is 2.55. The van der Waals surface area contributed by atoms with E-state index in [1.807, 2.05) is 0 Å². The average molecular weight is 111 g/mol. The lowest BCUT2D eigenvalue weighted by atomic mass is 10.0. The molecule has 0 bridgehead atoms. The first kappa shape index (κ1) is 5.80. The van der Waals surface area contributed by atoms with Gasteiger partial charge < -0.3 is 5.41 Å². The lowest BCUT2D eigenvalue weighted by Gasteiger charge is -2.02. The molecule has 0 radical (unpaired) electrons. The van der Waals surface area contributed by atoms with Gasteiger partial charge in [0.25, 0.3) is 0 Å². The molecule has 1 nitrogen and oxygen atoms in total. The Morgan fingerprint density at radius 2 is 2.00 bits per heavy atom. The molecular weight excluding hydrogens is 98.1 g/mol. The lowest BCUT2D eigenvalue weighted by molar-refractivity contribution is 0.832. The zero-order valence-corrected chi connectivity index (χ0v) is 5.57. The van der Waals surface area contributed by atoms with Crippen LogP contribution in [0.25, 0.3) is 0 Å². The van der Waals surface area contributed by atoms with Crippen molar-refractivity contribution >= 4 is 5.71 Å². The molecule has 0 amide bonds. The first-order valence-electron chi connectivity index (χ1n) is 3.30. The summed E-state index contributed by atoms with van der Waals surface area (Å²) in [5.41, 5.74) is 0.963. The van der Waals surface area contributed by atoms with E-state index in [0.717, 1.165) is 5.71 Å². The number of hydrogen-bond acceptors (Lipinski definition) is 1. The van der Waals surface area contributed by atoms with Gasteiger partial charge in [0.15, 0.2) is 0 Å². The van der Waals surface area contributed by atoms with Crippen molar-refractivity contribution in [1.82, 2.24) is 0 Å². The quantitative estimate of drug-likeness (QED) is 0.527. The van der Waals surface area contributed by atoms with Crippen molar-refractivity contribution in [2.75, 3.05) is 0 Å². The topological polar surface area (TPSA) is 23.9 Å². The third kappa shape index (κ3) is 1.09. The molecule has 1 aliphatic carbocycles. The fraction of sp³-hybridized carbons (Fsp3) is 0.857. The summed E-state index contributed by atoms with van der Waals surface area (Å²) in [4.78, 5) is 0. The summed E-state index contributed by atoms with van der Waals surface area (Å²) >= 11 is 0. The predicted octanol–water partition coefficient (Wildman–Crippen LogP) is 2.07. The van der Waals surface area contributed by atoms with Crippen molar-refractivity contribution in [3.8, 4) is 0 Å². The summed E-state index contributed by atoms with van der Waals surface area (Å²) in [5, 5.41) is 7.46. The fourth-order valence-corrected chi connectivity index (χ4v) is 0.866. The molecule has 0 aromatic rings. The van der Waals surface area contributed by atoms with Crippen LogP contribution in [0.2, 0.25) is 0 Å². The second-order valence-corrected chi connectivity index (χ2v) is 2.88. The van der Waals surface area contributed by atoms with E-state index < -0.39 is 0 Å². The van der Waals surface area contributed by atoms with Gasteiger partial charge in [-0.25, -0.2) is 0 Å². The van der Waals surface area contributed by atoms with Crippen LogP contribution in [0.4, 0.5) is 0 Å². The Balaban J connectivity index is 2.33. The van der Waals surface area contributed by atoms with Crippen LogP contribution in [-0.4, -0.2) is 5.71 Å². The van der Waals surface area contributed by atoms with Gasteiger partial charge >= 0.3 is 0 Å². The van der Waals surface area contributed by atoms with Crippen molar-refractivity contribution in [1.29, 1.82) is 5.41 Å². The van der Waals surface area contributed by atoms with Crippen LogP contribution < -0.4 is 0 Å². The van der Waals surface area contributed by atoms with E-state index in [4.69, 9.17) is 5.41 Å². The van der Waals surface area contributed by atoms with Gasteiger partial charge in [-0.05, 0) is 24.7 Å².